The number of ether oxygens (including phenoxy) is 1. The van der Waals surface area contributed by atoms with Gasteiger partial charge in [0.25, 0.3) is 0 Å². The topological polar surface area (TPSA) is 55.6 Å². The Morgan fingerprint density at radius 1 is 1.42 bits per heavy atom. The van der Waals surface area contributed by atoms with Crippen LogP contribution >= 0.6 is 0 Å². The van der Waals surface area contributed by atoms with Crippen molar-refractivity contribution in [3.8, 4) is 0 Å². The van der Waals surface area contributed by atoms with E-state index < -0.39 is 0 Å². The SMILES string of the molecule is CCN(C(=O)C(C)c1cccc(N)c1)C(C)COC. The molecule has 0 fully saturated rings. The van der Waals surface area contributed by atoms with Crippen molar-refractivity contribution in [3.05, 3.63) is 29.8 Å². The van der Waals surface area contributed by atoms with Gasteiger partial charge in [0, 0.05) is 19.3 Å². The lowest BCUT2D eigenvalue weighted by Crippen LogP contribution is -2.42. The predicted octanol–water partition coefficient (Wildman–Crippen LogP) is 2.26. The molecule has 0 saturated carbocycles. The van der Waals surface area contributed by atoms with Gasteiger partial charge in [-0.2, -0.15) is 0 Å². The van der Waals surface area contributed by atoms with Crippen LogP contribution in [-0.2, 0) is 9.53 Å². The van der Waals surface area contributed by atoms with Gasteiger partial charge in [-0.05, 0) is 38.5 Å². The van der Waals surface area contributed by atoms with Gasteiger partial charge in [0.15, 0.2) is 0 Å². The number of nitrogens with zero attached hydrogens (tertiary/aromatic N) is 1. The van der Waals surface area contributed by atoms with Crippen LogP contribution in [0.4, 0.5) is 5.69 Å². The van der Waals surface area contributed by atoms with Gasteiger partial charge in [0.1, 0.15) is 0 Å². The van der Waals surface area contributed by atoms with E-state index in [2.05, 4.69) is 0 Å². The Kier molecular flexibility index (Phi) is 5.83. The number of amides is 1. The largest absolute Gasteiger partial charge is 0.399 e. The maximum Gasteiger partial charge on any atom is 0.230 e. The molecule has 4 nitrogen and oxygen atoms in total. The normalized spacial score (nSPS) is 13.9. The maximum atomic E-state index is 12.5. The van der Waals surface area contributed by atoms with Crippen molar-refractivity contribution in [2.24, 2.45) is 0 Å². The lowest BCUT2D eigenvalue weighted by molar-refractivity contribution is -0.135. The fraction of sp³-hybridized carbons (Fsp3) is 0.533. The first-order chi connectivity index (χ1) is 9.01. The minimum atomic E-state index is -0.192. The monoisotopic (exact) mass is 264 g/mol. The number of anilines is 1. The predicted molar refractivity (Wildman–Crippen MR) is 78.0 cm³/mol. The van der Waals surface area contributed by atoms with Gasteiger partial charge in [0.05, 0.1) is 18.6 Å². The Morgan fingerprint density at radius 2 is 2.11 bits per heavy atom. The summed E-state index contributed by atoms with van der Waals surface area (Å²) in [5.74, 6) is -0.0830. The quantitative estimate of drug-likeness (QED) is 0.802. The smallest absolute Gasteiger partial charge is 0.230 e. The fourth-order valence-electron chi connectivity index (χ4n) is 2.24. The molecule has 0 bridgehead atoms. The van der Waals surface area contributed by atoms with E-state index in [0.717, 1.165) is 5.56 Å². The third kappa shape index (κ3) is 3.96. The standard InChI is InChI=1S/C15H24N2O2/c1-5-17(11(2)10-19-4)15(18)12(3)13-7-6-8-14(16)9-13/h6-9,11-12H,5,10,16H2,1-4H3. The highest BCUT2D eigenvalue weighted by Gasteiger charge is 2.24. The van der Waals surface area contributed by atoms with Crippen LogP contribution in [0.3, 0.4) is 0 Å². The van der Waals surface area contributed by atoms with E-state index in [1.54, 1.807) is 7.11 Å². The molecule has 2 atom stereocenters. The molecule has 0 radical (unpaired) electrons. The van der Waals surface area contributed by atoms with Gasteiger partial charge in [-0.1, -0.05) is 12.1 Å². The Morgan fingerprint density at radius 3 is 2.63 bits per heavy atom. The number of nitrogens with two attached hydrogens (primary N) is 1. The first kappa shape index (κ1) is 15.5. The van der Waals surface area contributed by atoms with Crippen LogP contribution in [0.1, 0.15) is 32.3 Å². The molecule has 2 N–H and O–H groups in total. The minimum absolute atomic E-state index is 0.0750. The Hall–Kier alpha value is -1.55. The molecule has 0 aliphatic rings. The average Bonchev–Trinajstić information content (AvgIpc) is 2.39. The number of carbonyl (C=O) groups excluding carboxylic acids is 1. The van der Waals surface area contributed by atoms with E-state index in [-0.39, 0.29) is 17.9 Å². The molecule has 0 saturated heterocycles. The molecule has 0 aliphatic carbocycles. The van der Waals surface area contributed by atoms with E-state index in [9.17, 15) is 4.79 Å². The molecule has 0 aromatic heterocycles. The summed E-state index contributed by atoms with van der Waals surface area (Å²) >= 11 is 0. The second-order valence-electron chi connectivity index (χ2n) is 4.82. The zero-order valence-electron chi connectivity index (χ0n) is 12.2. The zero-order valence-corrected chi connectivity index (χ0v) is 12.2. The highest BCUT2D eigenvalue weighted by molar-refractivity contribution is 5.83. The molecule has 19 heavy (non-hydrogen) atoms. The summed E-state index contributed by atoms with van der Waals surface area (Å²) in [5.41, 5.74) is 7.40. The second kappa shape index (κ2) is 7.14. The van der Waals surface area contributed by atoms with E-state index >= 15 is 0 Å². The molecular formula is C15H24N2O2. The molecule has 2 unspecified atom stereocenters. The van der Waals surface area contributed by atoms with Crippen LogP contribution < -0.4 is 5.73 Å². The van der Waals surface area contributed by atoms with Crippen molar-refractivity contribution < 1.29 is 9.53 Å². The highest BCUT2D eigenvalue weighted by Crippen LogP contribution is 2.21. The maximum absolute atomic E-state index is 12.5. The van der Waals surface area contributed by atoms with E-state index in [1.165, 1.54) is 0 Å². The molecule has 0 aliphatic heterocycles. The number of benzene rings is 1. The molecule has 0 spiro atoms. The van der Waals surface area contributed by atoms with Crippen LogP contribution in [0, 0.1) is 0 Å². The second-order valence-corrected chi connectivity index (χ2v) is 4.82. The van der Waals surface area contributed by atoms with Crippen molar-refractivity contribution in [2.45, 2.75) is 32.7 Å². The third-order valence-electron chi connectivity index (χ3n) is 3.34. The summed E-state index contributed by atoms with van der Waals surface area (Å²) in [7, 11) is 1.65. The van der Waals surface area contributed by atoms with Crippen molar-refractivity contribution in [2.75, 3.05) is 26.0 Å². The van der Waals surface area contributed by atoms with Gasteiger partial charge >= 0.3 is 0 Å². The van der Waals surface area contributed by atoms with E-state index in [4.69, 9.17) is 10.5 Å². The first-order valence-corrected chi connectivity index (χ1v) is 6.66. The summed E-state index contributed by atoms with van der Waals surface area (Å²) in [6, 6.07) is 7.58. The average molecular weight is 264 g/mol. The Balaban J connectivity index is 2.85. The van der Waals surface area contributed by atoms with Gasteiger partial charge in [0.2, 0.25) is 5.91 Å². The molecular weight excluding hydrogens is 240 g/mol. The summed E-state index contributed by atoms with van der Waals surface area (Å²) in [6.07, 6.45) is 0. The number of hydrogen-bond donors (Lipinski definition) is 1. The summed E-state index contributed by atoms with van der Waals surface area (Å²) in [5, 5.41) is 0. The van der Waals surface area contributed by atoms with Crippen molar-refractivity contribution >= 4 is 11.6 Å². The third-order valence-corrected chi connectivity index (χ3v) is 3.34. The van der Waals surface area contributed by atoms with Gasteiger partial charge in [-0.15, -0.1) is 0 Å². The number of carbonyl (C=O) groups is 1. The lowest BCUT2D eigenvalue weighted by Gasteiger charge is -2.30. The zero-order chi connectivity index (χ0) is 14.4. The van der Waals surface area contributed by atoms with Crippen LogP contribution in [-0.4, -0.2) is 37.1 Å². The summed E-state index contributed by atoms with van der Waals surface area (Å²) in [6.45, 7) is 7.12. The lowest BCUT2D eigenvalue weighted by atomic mass is 9.98. The molecule has 1 rings (SSSR count). The number of rotatable bonds is 6. The Bertz CT molecular complexity index is 420. The summed E-state index contributed by atoms with van der Waals surface area (Å²) in [4.78, 5) is 14.4. The van der Waals surface area contributed by atoms with Crippen LogP contribution in [0.2, 0.25) is 0 Å². The van der Waals surface area contributed by atoms with Crippen LogP contribution in [0.25, 0.3) is 0 Å². The number of hydrogen-bond acceptors (Lipinski definition) is 3. The summed E-state index contributed by atoms with van der Waals surface area (Å²) < 4.78 is 5.13. The van der Waals surface area contributed by atoms with Crippen molar-refractivity contribution in [1.29, 1.82) is 0 Å². The molecule has 0 heterocycles. The van der Waals surface area contributed by atoms with Gasteiger partial charge in [-0.3, -0.25) is 4.79 Å². The first-order valence-electron chi connectivity index (χ1n) is 6.66. The molecule has 1 amide bonds. The highest BCUT2D eigenvalue weighted by atomic mass is 16.5. The fourth-order valence-corrected chi connectivity index (χ4v) is 2.24. The van der Waals surface area contributed by atoms with Gasteiger partial charge in [-0.25, -0.2) is 0 Å². The van der Waals surface area contributed by atoms with E-state index in [0.29, 0.717) is 18.8 Å². The molecule has 1 aromatic rings. The van der Waals surface area contributed by atoms with Crippen LogP contribution in [0.5, 0.6) is 0 Å². The number of likely N-dealkylation sites (N-methyl/N-ethyl adjacent to an activating group) is 1. The van der Waals surface area contributed by atoms with E-state index in [1.807, 2.05) is 49.9 Å². The van der Waals surface area contributed by atoms with Crippen LogP contribution in [0.15, 0.2) is 24.3 Å². The van der Waals surface area contributed by atoms with Crippen molar-refractivity contribution in [3.63, 3.8) is 0 Å². The van der Waals surface area contributed by atoms with Gasteiger partial charge < -0.3 is 15.4 Å². The molecule has 106 valence electrons. The molecule has 1 aromatic carbocycles. The number of methoxy groups -OCH3 is 1. The number of nitrogen functional groups attached to an aromatic ring is 1. The Labute approximate surface area is 115 Å². The van der Waals surface area contributed by atoms with Crippen molar-refractivity contribution in [1.82, 2.24) is 4.90 Å². The molecule has 4 heteroatoms. The minimum Gasteiger partial charge on any atom is -0.399 e.